The average molecular weight is 327 g/mol. The number of halogens is 1. The predicted octanol–water partition coefficient (Wildman–Crippen LogP) is 4.34. The van der Waals surface area contributed by atoms with E-state index in [4.69, 9.17) is 17.3 Å². The lowest BCUT2D eigenvalue weighted by atomic mass is 10.0. The molecule has 1 amide bonds. The van der Waals surface area contributed by atoms with Crippen molar-refractivity contribution in [1.29, 1.82) is 0 Å². The summed E-state index contributed by atoms with van der Waals surface area (Å²) in [7, 11) is 0. The molecule has 0 aliphatic heterocycles. The van der Waals surface area contributed by atoms with Crippen molar-refractivity contribution in [2.45, 2.75) is 6.92 Å². The fourth-order valence-electron chi connectivity index (χ4n) is 2.49. The van der Waals surface area contributed by atoms with Gasteiger partial charge in [0, 0.05) is 16.1 Å². The molecule has 0 aliphatic carbocycles. The fraction of sp³-hybridized carbons (Fsp3) is 0.0556. The Bertz CT molecular complexity index is 922. The quantitative estimate of drug-likeness (QED) is 0.484. The summed E-state index contributed by atoms with van der Waals surface area (Å²) in [5.41, 5.74) is 7.75. The third kappa shape index (κ3) is 2.81. The van der Waals surface area contributed by atoms with Gasteiger partial charge in [0.15, 0.2) is 5.75 Å². The van der Waals surface area contributed by atoms with Gasteiger partial charge in [-0.05, 0) is 42.1 Å². The minimum absolute atomic E-state index is 0.135. The zero-order chi connectivity index (χ0) is 16.6. The number of aromatic hydroxyl groups is 1. The number of phenolic OH excluding ortho intramolecular Hbond substituents is 1. The van der Waals surface area contributed by atoms with Gasteiger partial charge < -0.3 is 16.2 Å². The molecule has 116 valence electrons. The Morgan fingerprint density at radius 2 is 1.91 bits per heavy atom. The molecular formula is C18H15ClN2O2. The molecule has 23 heavy (non-hydrogen) atoms. The number of hydrogen-bond acceptors (Lipinski definition) is 3. The lowest BCUT2D eigenvalue weighted by Crippen LogP contribution is -2.13. The number of hydrogen-bond donors (Lipinski definition) is 3. The highest BCUT2D eigenvalue weighted by molar-refractivity contribution is 6.30. The molecule has 3 rings (SSSR count). The van der Waals surface area contributed by atoms with Gasteiger partial charge in [-0.15, -0.1) is 0 Å². The molecule has 0 spiro atoms. The summed E-state index contributed by atoms with van der Waals surface area (Å²) >= 11 is 5.91. The van der Waals surface area contributed by atoms with Gasteiger partial charge in [-0.25, -0.2) is 0 Å². The van der Waals surface area contributed by atoms with Crippen LogP contribution in [-0.4, -0.2) is 11.0 Å². The van der Waals surface area contributed by atoms with E-state index in [1.54, 1.807) is 30.3 Å². The topological polar surface area (TPSA) is 75.4 Å². The molecule has 4 nitrogen and oxygen atoms in total. The van der Waals surface area contributed by atoms with E-state index in [0.29, 0.717) is 16.1 Å². The van der Waals surface area contributed by atoms with Gasteiger partial charge in [0.2, 0.25) is 0 Å². The number of nitrogens with two attached hydrogens (primary N) is 1. The highest BCUT2D eigenvalue weighted by atomic mass is 35.5. The van der Waals surface area contributed by atoms with Crippen molar-refractivity contribution in [2.75, 3.05) is 11.1 Å². The Kier molecular flexibility index (Phi) is 3.84. The van der Waals surface area contributed by atoms with E-state index in [1.165, 1.54) is 0 Å². The Hall–Kier alpha value is -2.72. The molecule has 3 aromatic carbocycles. The van der Waals surface area contributed by atoms with Crippen LogP contribution in [0.25, 0.3) is 10.8 Å². The monoisotopic (exact) mass is 326 g/mol. The van der Waals surface area contributed by atoms with E-state index < -0.39 is 5.91 Å². The molecule has 0 bridgehead atoms. The van der Waals surface area contributed by atoms with Crippen LogP contribution in [0.4, 0.5) is 11.4 Å². The minimum atomic E-state index is -0.426. The first-order valence-corrected chi connectivity index (χ1v) is 7.43. The number of carbonyl (C=O) groups excluding carboxylic acids is 1. The number of nitrogens with one attached hydrogen (secondary N) is 1. The summed E-state index contributed by atoms with van der Waals surface area (Å²) in [6.45, 7) is 1.84. The highest BCUT2D eigenvalue weighted by Gasteiger charge is 2.17. The van der Waals surface area contributed by atoms with Crippen molar-refractivity contribution in [1.82, 2.24) is 0 Å². The summed E-state index contributed by atoms with van der Waals surface area (Å²) in [5, 5.41) is 15.1. The normalized spacial score (nSPS) is 10.7. The van der Waals surface area contributed by atoms with Crippen LogP contribution < -0.4 is 11.1 Å². The van der Waals surface area contributed by atoms with Gasteiger partial charge >= 0.3 is 0 Å². The Morgan fingerprint density at radius 1 is 1.17 bits per heavy atom. The molecule has 0 fully saturated rings. The van der Waals surface area contributed by atoms with Crippen LogP contribution in [0.2, 0.25) is 5.02 Å². The van der Waals surface area contributed by atoms with E-state index in [1.807, 2.05) is 25.1 Å². The van der Waals surface area contributed by atoms with Crippen LogP contribution in [0.5, 0.6) is 5.75 Å². The van der Waals surface area contributed by atoms with Gasteiger partial charge in [-0.2, -0.15) is 0 Å². The standard InChI is InChI=1S/C18H15ClN2O2/c1-10-8-12(19)6-7-15(10)21-18(23)14-9-11-4-2-3-5-13(11)16(20)17(14)22/h2-9,22H,20H2,1H3,(H,21,23). The molecular weight excluding hydrogens is 312 g/mol. The number of amides is 1. The van der Waals surface area contributed by atoms with Gasteiger partial charge in [-0.3, -0.25) is 4.79 Å². The Labute approximate surface area is 138 Å². The summed E-state index contributed by atoms with van der Waals surface area (Å²) in [5.74, 6) is -0.641. The number of anilines is 2. The van der Waals surface area contributed by atoms with Crippen molar-refractivity contribution in [3.8, 4) is 5.75 Å². The smallest absolute Gasteiger partial charge is 0.259 e. The van der Waals surface area contributed by atoms with Crippen LogP contribution in [-0.2, 0) is 0 Å². The second-order valence-electron chi connectivity index (χ2n) is 5.32. The first kappa shape index (κ1) is 15.2. The van der Waals surface area contributed by atoms with Gasteiger partial charge in [0.1, 0.15) is 0 Å². The third-order valence-corrected chi connectivity index (χ3v) is 3.98. The molecule has 0 saturated heterocycles. The minimum Gasteiger partial charge on any atom is -0.505 e. The predicted molar refractivity (Wildman–Crippen MR) is 94.2 cm³/mol. The number of rotatable bonds is 2. The van der Waals surface area contributed by atoms with Crippen LogP contribution in [0, 0.1) is 6.92 Å². The van der Waals surface area contributed by atoms with E-state index in [9.17, 15) is 9.90 Å². The lowest BCUT2D eigenvalue weighted by Gasteiger charge is -2.12. The zero-order valence-electron chi connectivity index (χ0n) is 12.4. The number of benzene rings is 3. The molecule has 4 N–H and O–H groups in total. The maximum Gasteiger partial charge on any atom is 0.259 e. The summed E-state index contributed by atoms with van der Waals surface area (Å²) < 4.78 is 0. The van der Waals surface area contributed by atoms with Crippen molar-refractivity contribution >= 4 is 39.7 Å². The van der Waals surface area contributed by atoms with Gasteiger partial charge in [-0.1, -0.05) is 35.9 Å². The van der Waals surface area contributed by atoms with E-state index in [0.717, 1.165) is 10.9 Å². The second kappa shape index (κ2) is 5.82. The molecule has 5 heteroatoms. The number of nitrogen functional groups attached to an aromatic ring is 1. The van der Waals surface area contributed by atoms with E-state index in [2.05, 4.69) is 5.32 Å². The second-order valence-corrected chi connectivity index (χ2v) is 5.76. The summed E-state index contributed by atoms with van der Waals surface area (Å²) in [4.78, 5) is 12.5. The van der Waals surface area contributed by atoms with Gasteiger partial charge in [0.25, 0.3) is 5.91 Å². The van der Waals surface area contributed by atoms with Crippen LogP contribution in [0.15, 0.2) is 48.5 Å². The lowest BCUT2D eigenvalue weighted by molar-refractivity contribution is 0.102. The molecule has 0 unspecified atom stereocenters. The molecule has 0 heterocycles. The van der Waals surface area contributed by atoms with Crippen molar-refractivity contribution in [3.05, 3.63) is 64.7 Å². The number of aryl methyl sites for hydroxylation is 1. The largest absolute Gasteiger partial charge is 0.505 e. The zero-order valence-corrected chi connectivity index (χ0v) is 13.2. The van der Waals surface area contributed by atoms with Crippen molar-refractivity contribution in [2.24, 2.45) is 0 Å². The fourth-order valence-corrected chi connectivity index (χ4v) is 2.72. The van der Waals surface area contributed by atoms with E-state index >= 15 is 0 Å². The first-order chi connectivity index (χ1) is 11.0. The third-order valence-electron chi connectivity index (χ3n) is 3.74. The maximum absolute atomic E-state index is 12.5. The average Bonchev–Trinajstić information content (AvgIpc) is 2.53. The van der Waals surface area contributed by atoms with Gasteiger partial charge in [0.05, 0.1) is 11.3 Å². The number of fused-ring (bicyclic) bond motifs is 1. The molecule has 0 saturated carbocycles. The number of phenols is 1. The van der Waals surface area contributed by atoms with Crippen molar-refractivity contribution in [3.63, 3.8) is 0 Å². The molecule has 0 radical (unpaired) electrons. The molecule has 0 atom stereocenters. The highest BCUT2D eigenvalue weighted by Crippen LogP contribution is 2.34. The number of carbonyl (C=O) groups is 1. The first-order valence-electron chi connectivity index (χ1n) is 7.05. The SMILES string of the molecule is Cc1cc(Cl)ccc1NC(=O)c1cc2ccccc2c(N)c1O. The van der Waals surface area contributed by atoms with E-state index in [-0.39, 0.29) is 17.0 Å². The molecule has 0 aliphatic rings. The van der Waals surface area contributed by atoms with Crippen LogP contribution >= 0.6 is 11.6 Å². The van der Waals surface area contributed by atoms with Crippen LogP contribution in [0.3, 0.4) is 0 Å². The van der Waals surface area contributed by atoms with Crippen LogP contribution in [0.1, 0.15) is 15.9 Å². The van der Waals surface area contributed by atoms with Crippen molar-refractivity contribution < 1.29 is 9.90 Å². The summed E-state index contributed by atoms with van der Waals surface area (Å²) in [6.07, 6.45) is 0. The molecule has 0 aromatic heterocycles. The summed E-state index contributed by atoms with van der Waals surface area (Å²) in [6, 6.07) is 14.1. The Balaban J connectivity index is 2.02. The molecule has 3 aromatic rings. The maximum atomic E-state index is 12.5. The Morgan fingerprint density at radius 3 is 2.65 bits per heavy atom.